The molecule has 2 N–H and O–H groups in total. The third-order valence-corrected chi connectivity index (χ3v) is 3.50. The van der Waals surface area contributed by atoms with Crippen LogP contribution in [0, 0.1) is 0 Å². The summed E-state index contributed by atoms with van der Waals surface area (Å²) >= 11 is 0. The Balaban J connectivity index is 1.64. The Morgan fingerprint density at radius 2 is 1.86 bits per heavy atom. The highest BCUT2D eigenvalue weighted by molar-refractivity contribution is 4.84. The molecule has 1 saturated carbocycles. The molecule has 3 nitrogen and oxygen atoms in total. The van der Waals surface area contributed by atoms with E-state index in [1.54, 1.807) is 0 Å². The van der Waals surface area contributed by atoms with Gasteiger partial charge in [0.15, 0.2) is 0 Å². The predicted octanol–water partition coefficient (Wildman–Crippen LogP) is 0.977. The van der Waals surface area contributed by atoms with Gasteiger partial charge in [-0.05, 0) is 32.2 Å². The first-order chi connectivity index (χ1) is 6.78. The highest BCUT2D eigenvalue weighted by Gasteiger charge is 2.30. The monoisotopic (exact) mass is 198 g/mol. The molecule has 0 bridgehead atoms. The Morgan fingerprint density at radius 3 is 2.36 bits per heavy atom. The Labute approximate surface area is 86.6 Å². The lowest BCUT2D eigenvalue weighted by Gasteiger charge is -2.38. The molecule has 0 aromatic heterocycles. The highest BCUT2D eigenvalue weighted by Crippen LogP contribution is 2.25. The van der Waals surface area contributed by atoms with Crippen molar-refractivity contribution in [2.45, 2.75) is 50.9 Å². The molecule has 2 rings (SSSR count). The zero-order chi connectivity index (χ0) is 9.97. The van der Waals surface area contributed by atoms with Gasteiger partial charge in [0.1, 0.15) is 0 Å². The van der Waals surface area contributed by atoms with Gasteiger partial charge in [0.2, 0.25) is 0 Å². The topological polar surface area (TPSA) is 38.5 Å². The van der Waals surface area contributed by atoms with Crippen molar-refractivity contribution in [2.24, 2.45) is 5.73 Å². The van der Waals surface area contributed by atoms with Crippen molar-refractivity contribution >= 4 is 0 Å². The number of piperidine rings is 1. The van der Waals surface area contributed by atoms with Crippen molar-refractivity contribution in [3.05, 3.63) is 0 Å². The van der Waals surface area contributed by atoms with Crippen molar-refractivity contribution in [3.63, 3.8) is 0 Å². The molecule has 3 heteroatoms. The fourth-order valence-corrected chi connectivity index (χ4v) is 2.35. The van der Waals surface area contributed by atoms with E-state index in [4.69, 9.17) is 10.5 Å². The Hall–Kier alpha value is -0.120. The van der Waals surface area contributed by atoms with E-state index in [-0.39, 0.29) is 0 Å². The van der Waals surface area contributed by atoms with Gasteiger partial charge in [-0.2, -0.15) is 0 Å². The van der Waals surface area contributed by atoms with Crippen LogP contribution in [0.2, 0.25) is 0 Å². The number of hydrogen-bond acceptors (Lipinski definition) is 3. The van der Waals surface area contributed by atoms with Gasteiger partial charge in [0, 0.05) is 19.1 Å². The van der Waals surface area contributed by atoms with Crippen LogP contribution < -0.4 is 5.73 Å². The molecule has 0 atom stereocenters. The standard InChI is InChI=1S/C11H22N2O/c1-2-13-5-3-10(4-6-13)14-11-7-9(12)8-11/h9-11H,2-8,12H2,1H3/t9-,11-. The van der Waals surface area contributed by atoms with E-state index in [0.717, 1.165) is 12.8 Å². The second kappa shape index (κ2) is 4.60. The zero-order valence-electron chi connectivity index (χ0n) is 9.11. The van der Waals surface area contributed by atoms with E-state index >= 15 is 0 Å². The van der Waals surface area contributed by atoms with Gasteiger partial charge in [0.25, 0.3) is 0 Å². The molecule has 0 spiro atoms. The average molecular weight is 198 g/mol. The number of nitrogens with two attached hydrogens (primary N) is 1. The molecule has 14 heavy (non-hydrogen) atoms. The Morgan fingerprint density at radius 1 is 1.21 bits per heavy atom. The van der Waals surface area contributed by atoms with E-state index in [1.165, 1.54) is 32.5 Å². The normalized spacial score (nSPS) is 35.6. The van der Waals surface area contributed by atoms with Gasteiger partial charge in [-0.1, -0.05) is 6.92 Å². The van der Waals surface area contributed by atoms with Crippen LogP contribution in [0.5, 0.6) is 0 Å². The zero-order valence-corrected chi connectivity index (χ0v) is 9.11. The molecule has 1 aliphatic carbocycles. The number of ether oxygens (including phenoxy) is 1. The highest BCUT2D eigenvalue weighted by atomic mass is 16.5. The molecule has 0 amide bonds. The van der Waals surface area contributed by atoms with Crippen LogP contribution in [0.1, 0.15) is 32.6 Å². The lowest BCUT2D eigenvalue weighted by atomic mass is 9.90. The van der Waals surface area contributed by atoms with E-state index in [2.05, 4.69) is 11.8 Å². The third kappa shape index (κ3) is 2.47. The van der Waals surface area contributed by atoms with Crippen LogP contribution in [0.3, 0.4) is 0 Å². The van der Waals surface area contributed by atoms with E-state index in [0.29, 0.717) is 18.2 Å². The fraction of sp³-hybridized carbons (Fsp3) is 1.00. The molecule has 1 heterocycles. The lowest BCUT2D eigenvalue weighted by molar-refractivity contribution is -0.0792. The first-order valence-electron chi connectivity index (χ1n) is 5.91. The quantitative estimate of drug-likeness (QED) is 0.734. The molecular formula is C11H22N2O. The molecule has 2 fully saturated rings. The Kier molecular flexibility index (Phi) is 3.42. The third-order valence-electron chi connectivity index (χ3n) is 3.50. The van der Waals surface area contributed by atoms with E-state index in [9.17, 15) is 0 Å². The molecule has 82 valence electrons. The van der Waals surface area contributed by atoms with Crippen molar-refractivity contribution in [1.29, 1.82) is 0 Å². The minimum absolute atomic E-state index is 0.413. The van der Waals surface area contributed by atoms with Gasteiger partial charge in [0.05, 0.1) is 12.2 Å². The summed E-state index contributed by atoms with van der Waals surface area (Å²) in [6.07, 6.45) is 5.56. The summed E-state index contributed by atoms with van der Waals surface area (Å²) in [6, 6.07) is 0.413. The second-order valence-corrected chi connectivity index (χ2v) is 4.62. The van der Waals surface area contributed by atoms with Crippen LogP contribution in [-0.4, -0.2) is 42.8 Å². The van der Waals surface area contributed by atoms with Crippen LogP contribution in [0.4, 0.5) is 0 Å². The first kappa shape index (κ1) is 10.4. The maximum absolute atomic E-state index is 5.98. The molecule has 1 aliphatic heterocycles. The van der Waals surface area contributed by atoms with Crippen molar-refractivity contribution in [2.75, 3.05) is 19.6 Å². The van der Waals surface area contributed by atoms with Crippen molar-refractivity contribution < 1.29 is 4.74 Å². The molecule has 1 saturated heterocycles. The maximum Gasteiger partial charge on any atom is 0.0608 e. The van der Waals surface area contributed by atoms with Crippen LogP contribution >= 0.6 is 0 Å². The summed E-state index contributed by atoms with van der Waals surface area (Å²) in [5.74, 6) is 0. The minimum atomic E-state index is 0.413. The molecule has 0 radical (unpaired) electrons. The lowest BCUT2D eigenvalue weighted by Crippen LogP contribution is -2.45. The van der Waals surface area contributed by atoms with Crippen LogP contribution in [0.25, 0.3) is 0 Å². The first-order valence-corrected chi connectivity index (χ1v) is 5.91. The second-order valence-electron chi connectivity index (χ2n) is 4.62. The van der Waals surface area contributed by atoms with Gasteiger partial charge < -0.3 is 15.4 Å². The van der Waals surface area contributed by atoms with Crippen molar-refractivity contribution in [3.8, 4) is 0 Å². The fourth-order valence-electron chi connectivity index (χ4n) is 2.35. The summed E-state index contributed by atoms with van der Waals surface area (Å²) in [6.45, 7) is 5.83. The summed E-state index contributed by atoms with van der Waals surface area (Å²) in [7, 11) is 0. The average Bonchev–Trinajstić information content (AvgIpc) is 2.17. The van der Waals surface area contributed by atoms with Crippen molar-refractivity contribution in [1.82, 2.24) is 4.90 Å². The molecular weight excluding hydrogens is 176 g/mol. The summed E-state index contributed by atoms with van der Waals surface area (Å²) < 4.78 is 5.98. The molecule has 0 unspecified atom stereocenters. The van der Waals surface area contributed by atoms with Crippen LogP contribution in [0.15, 0.2) is 0 Å². The molecule has 2 aliphatic rings. The molecule has 0 aromatic carbocycles. The summed E-state index contributed by atoms with van der Waals surface area (Å²) in [5, 5.41) is 0. The van der Waals surface area contributed by atoms with E-state index < -0.39 is 0 Å². The van der Waals surface area contributed by atoms with E-state index in [1.807, 2.05) is 0 Å². The largest absolute Gasteiger partial charge is 0.375 e. The van der Waals surface area contributed by atoms with Gasteiger partial charge >= 0.3 is 0 Å². The number of nitrogens with zero attached hydrogens (tertiary/aromatic N) is 1. The molecule has 0 aromatic rings. The summed E-state index contributed by atoms with van der Waals surface area (Å²) in [5.41, 5.74) is 5.73. The maximum atomic E-state index is 5.98. The SMILES string of the molecule is CCN1CCC(O[C@H]2C[C@H](N)C2)CC1. The number of rotatable bonds is 3. The van der Waals surface area contributed by atoms with Gasteiger partial charge in [-0.3, -0.25) is 0 Å². The van der Waals surface area contributed by atoms with Crippen LogP contribution in [-0.2, 0) is 4.74 Å². The van der Waals surface area contributed by atoms with Gasteiger partial charge in [-0.15, -0.1) is 0 Å². The predicted molar refractivity (Wildman–Crippen MR) is 57.2 cm³/mol. The number of hydrogen-bond donors (Lipinski definition) is 1. The Bertz CT molecular complexity index is 172. The van der Waals surface area contributed by atoms with Gasteiger partial charge in [-0.25, -0.2) is 0 Å². The summed E-state index contributed by atoms with van der Waals surface area (Å²) in [4.78, 5) is 2.49. The number of likely N-dealkylation sites (tertiary alicyclic amines) is 1. The smallest absolute Gasteiger partial charge is 0.0608 e. The minimum Gasteiger partial charge on any atom is -0.375 e.